The molecule has 3 unspecified atom stereocenters. The molecule has 1 aromatic rings. The standard InChI is InChI=1S/C12H18ClNS/c1-2-8-3-4-9(14)7-11(8)10-5-6-15-12(10)13/h5-6,8-9,11H,2-4,7,14H2,1H3. The van der Waals surface area contributed by atoms with Crippen molar-refractivity contribution in [1.29, 1.82) is 0 Å². The summed E-state index contributed by atoms with van der Waals surface area (Å²) in [6.07, 6.45) is 4.78. The lowest BCUT2D eigenvalue weighted by Gasteiger charge is -2.34. The highest BCUT2D eigenvalue weighted by molar-refractivity contribution is 7.14. The van der Waals surface area contributed by atoms with E-state index in [4.69, 9.17) is 17.3 Å². The van der Waals surface area contributed by atoms with E-state index in [2.05, 4.69) is 18.4 Å². The van der Waals surface area contributed by atoms with Crippen molar-refractivity contribution in [3.05, 3.63) is 21.3 Å². The maximum absolute atomic E-state index is 6.22. The van der Waals surface area contributed by atoms with Crippen LogP contribution >= 0.6 is 22.9 Å². The minimum Gasteiger partial charge on any atom is -0.328 e. The molecule has 0 spiro atoms. The lowest BCUT2D eigenvalue weighted by molar-refractivity contribution is 0.274. The fraction of sp³-hybridized carbons (Fsp3) is 0.667. The van der Waals surface area contributed by atoms with Crippen LogP contribution in [0.5, 0.6) is 0 Å². The van der Waals surface area contributed by atoms with Gasteiger partial charge in [0.2, 0.25) is 0 Å². The van der Waals surface area contributed by atoms with Crippen LogP contribution in [0.2, 0.25) is 4.34 Å². The van der Waals surface area contributed by atoms with E-state index in [1.807, 2.05) is 0 Å². The van der Waals surface area contributed by atoms with Crippen LogP contribution in [-0.4, -0.2) is 6.04 Å². The average molecular weight is 244 g/mol. The van der Waals surface area contributed by atoms with Crippen molar-refractivity contribution in [1.82, 2.24) is 0 Å². The number of thiophene rings is 1. The zero-order valence-electron chi connectivity index (χ0n) is 9.08. The van der Waals surface area contributed by atoms with Crippen molar-refractivity contribution in [2.24, 2.45) is 11.7 Å². The summed E-state index contributed by atoms with van der Waals surface area (Å²) in [7, 11) is 0. The summed E-state index contributed by atoms with van der Waals surface area (Å²) in [5.74, 6) is 1.37. The Morgan fingerprint density at radius 3 is 2.93 bits per heavy atom. The average Bonchev–Trinajstić information content (AvgIpc) is 2.64. The maximum Gasteiger partial charge on any atom is 0.0963 e. The van der Waals surface area contributed by atoms with E-state index < -0.39 is 0 Å². The third-order valence-corrected chi connectivity index (χ3v) is 4.80. The van der Waals surface area contributed by atoms with Gasteiger partial charge >= 0.3 is 0 Å². The van der Waals surface area contributed by atoms with E-state index in [0.29, 0.717) is 12.0 Å². The molecule has 2 N–H and O–H groups in total. The first-order valence-electron chi connectivity index (χ1n) is 5.70. The van der Waals surface area contributed by atoms with Crippen LogP contribution in [0, 0.1) is 5.92 Å². The van der Waals surface area contributed by atoms with Crippen LogP contribution in [-0.2, 0) is 0 Å². The topological polar surface area (TPSA) is 26.0 Å². The third kappa shape index (κ3) is 2.38. The SMILES string of the molecule is CCC1CCC(N)CC1c1ccsc1Cl. The Hall–Kier alpha value is -0.0500. The van der Waals surface area contributed by atoms with Crippen molar-refractivity contribution in [2.45, 2.75) is 44.6 Å². The van der Waals surface area contributed by atoms with E-state index in [9.17, 15) is 0 Å². The Morgan fingerprint density at radius 2 is 2.33 bits per heavy atom. The van der Waals surface area contributed by atoms with Gasteiger partial charge in [-0.1, -0.05) is 24.9 Å². The normalized spacial score (nSPS) is 31.8. The van der Waals surface area contributed by atoms with E-state index in [1.165, 1.54) is 24.8 Å². The Labute approximate surface area is 101 Å². The highest BCUT2D eigenvalue weighted by Gasteiger charge is 2.30. The molecule has 0 bridgehead atoms. The second-order valence-corrected chi connectivity index (χ2v) is 6.02. The minimum absolute atomic E-state index is 0.369. The number of rotatable bonds is 2. The molecule has 1 fully saturated rings. The molecule has 3 heteroatoms. The highest BCUT2D eigenvalue weighted by atomic mass is 35.5. The smallest absolute Gasteiger partial charge is 0.0963 e. The van der Waals surface area contributed by atoms with Gasteiger partial charge in [-0.15, -0.1) is 11.3 Å². The predicted octanol–water partition coefficient (Wildman–Crippen LogP) is 4.02. The van der Waals surface area contributed by atoms with Gasteiger partial charge in [-0.2, -0.15) is 0 Å². The largest absolute Gasteiger partial charge is 0.328 e. The predicted molar refractivity (Wildman–Crippen MR) is 67.7 cm³/mol. The molecule has 1 aromatic heterocycles. The number of hydrogen-bond acceptors (Lipinski definition) is 2. The van der Waals surface area contributed by atoms with Crippen LogP contribution in [0.1, 0.15) is 44.1 Å². The molecule has 2 rings (SSSR count). The van der Waals surface area contributed by atoms with Gasteiger partial charge in [-0.05, 0) is 48.1 Å². The molecule has 84 valence electrons. The molecule has 0 saturated heterocycles. The Kier molecular flexibility index (Phi) is 3.70. The molecular formula is C12H18ClNS. The molecule has 0 aliphatic heterocycles. The second-order valence-electron chi connectivity index (χ2n) is 4.50. The van der Waals surface area contributed by atoms with Gasteiger partial charge in [-0.25, -0.2) is 0 Å². The molecule has 0 aromatic carbocycles. The van der Waals surface area contributed by atoms with Gasteiger partial charge in [0.05, 0.1) is 4.34 Å². The Morgan fingerprint density at radius 1 is 1.53 bits per heavy atom. The van der Waals surface area contributed by atoms with Crippen molar-refractivity contribution in [3.8, 4) is 0 Å². The fourth-order valence-corrected chi connectivity index (χ4v) is 3.75. The summed E-state index contributed by atoms with van der Waals surface area (Å²) in [5, 5.41) is 2.09. The summed E-state index contributed by atoms with van der Waals surface area (Å²) < 4.78 is 0.965. The molecule has 1 aliphatic rings. The first kappa shape index (κ1) is 11.4. The van der Waals surface area contributed by atoms with Crippen LogP contribution < -0.4 is 5.73 Å². The quantitative estimate of drug-likeness (QED) is 0.834. The molecule has 0 radical (unpaired) electrons. The third-order valence-electron chi connectivity index (χ3n) is 3.60. The van der Waals surface area contributed by atoms with E-state index in [0.717, 1.165) is 16.7 Å². The summed E-state index contributed by atoms with van der Waals surface area (Å²) in [5.41, 5.74) is 7.40. The summed E-state index contributed by atoms with van der Waals surface area (Å²) in [4.78, 5) is 0. The molecule has 15 heavy (non-hydrogen) atoms. The van der Waals surface area contributed by atoms with Crippen molar-refractivity contribution in [3.63, 3.8) is 0 Å². The van der Waals surface area contributed by atoms with Gasteiger partial charge in [-0.3, -0.25) is 0 Å². The highest BCUT2D eigenvalue weighted by Crippen LogP contribution is 2.43. The molecule has 3 atom stereocenters. The molecule has 1 aliphatic carbocycles. The number of hydrogen-bond donors (Lipinski definition) is 1. The van der Waals surface area contributed by atoms with Crippen LogP contribution in [0.25, 0.3) is 0 Å². The van der Waals surface area contributed by atoms with Gasteiger partial charge in [0.15, 0.2) is 0 Å². The van der Waals surface area contributed by atoms with Crippen molar-refractivity contribution < 1.29 is 0 Å². The molecular weight excluding hydrogens is 226 g/mol. The van der Waals surface area contributed by atoms with Crippen molar-refractivity contribution >= 4 is 22.9 Å². The first-order chi connectivity index (χ1) is 7.22. The first-order valence-corrected chi connectivity index (χ1v) is 6.96. The van der Waals surface area contributed by atoms with Crippen molar-refractivity contribution in [2.75, 3.05) is 0 Å². The zero-order chi connectivity index (χ0) is 10.8. The van der Waals surface area contributed by atoms with Crippen LogP contribution in [0.15, 0.2) is 11.4 Å². The molecule has 1 saturated carbocycles. The van der Waals surface area contributed by atoms with Crippen LogP contribution in [0.4, 0.5) is 0 Å². The number of nitrogens with two attached hydrogens (primary N) is 1. The second kappa shape index (κ2) is 4.86. The van der Waals surface area contributed by atoms with Gasteiger partial charge in [0, 0.05) is 6.04 Å². The van der Waals surface area contributed by atoms with Gasteiger partial charge < -0.3 is 5.73 Å². The summed E-state index contributed by atoms with van der Waals surface area (Å²) in [6, 6.07) is 2.55. The Bertz CT molecular complexity index is 323. The lowest BCUT2D eigenvalue weighted by atomic mass is 9.73. The summed E-state index contributed by atoms with van der Waals surface area (Å²) >= 11 is 7.86. The van der Waals surface area contributed by atoms with E-state index in [-0.39, 0.29) is 0 Å². The molecule has 0 amide bonds. The summed E-state index contributed by atoms with van der Waals surface area (Å²) in [6.45, 7) is 2.27. The molecule has 1 heterocycles. The minimum atomic E-state index is 0.369. The van der Waals surface area contributed by atoms with Gasteiger partial charge in [0.1, 0.15) is 0 Å². The monoisotopic (exact) mass is 243 g/mol. The fourth-order valence-electron chi connectivity index (χ4n) is 2.71. The zero-order valence-corrected chi connectivity index (χ0v) is 10.7. The molecule has 1 nitrogen and oxygen atoms in total. The Balaban J connectivity index is 2.20. The maximum atomic E-state index is 6.22. The lowest BCUT2D eigenvalue weighted by Crippen LogP contribution is -2.31. The van der Waals surface area contributed by atoms with Gasteiger partial charge in [0.25, 0.3) is 0 Å². The number of halogens is 1. The van der Waals surface area contributed by atoms with Crippen LogP contribution in [0.3, 0.4) is 0 Å². The van der Waals surface area contributed by atoms with E-state index in [1.54, 1.807) is 11.3 Å². The van der Waals surface area contributed by atoms with E-state index >= 15 is 0 Å².